The molecule has 0 saturated heterocycles. The normalized spacial score (nSPS) is 13.7. The van der Waals surface area contributed by atoms with Crippen molar-refractivity contribution in [3.05, 3.63) is 66.1 Å². The second-order valence-corrected chi connectivity index (χ2v) is 9.13. The van der Waals surface area contributed by atoms with Crippen molar-refractivity contribution in [2.75, 3.05) is 7.11 Å². The summed E-state index contributed by atoms with van der Waals surface area (Å²) in [6.07, 6.45) is 0.733. The number of rotatable bonds is 6. The lowest BCUT2D eigenvalue weighted by Gasteiger charge is -2.14. The van der Waals surface area contributed by atoms with Gasteiger partial charge in [-0.15, -0.1) is 0 Å². The van der Waals surface area contributed by atoms with Crippen LogP contribution < -0.4 is 9.47 Å². The first-order valence-corrected chi connectivity index (χ1v) is 11.9. The second-order valence-electron chi connectivity index (χ2n) is 9.13. The molecule has 12 heteroatoms. The van der Waals surface area contributed by atoms with Gasteiger partial charge in [-0.1, -0.05) is 0 Å². The first-order valence-electron chi connectivity index (χ1n) is 11.9. The van der Waals surface area contributed by atoms with E-state index in [0.29, 0.717) is 51.6 Å². The number of alkyl halides is 3. The van der Waals surface area contributed by atoms with Gasteiger partial charge in [-0.05, 0) is 50.1 Å². The molecule has 1 aliphatic rings. The van der Waals surface area contributed by atoms with Crippen molar-refractivity contribution in [2.24, 2.45) is 7.05 Å². The second kappa shape index (κ2) is 8.82. The van der Waals surface area contributed by atoms with E-state index in [4.69, 9.17) is 14.5 Å². The van der Waals surface area contributed by atoms with Crippen LogP contribution in [0, 0.1) is 6.92 Å². The third kappa shape index (κ3) is 4.21. The minimum Gasteiger partial charge on any atom is -0.480 e. The maximum absolute atomic E-state index is 13.1. The van der Waals surface area contributed by atoms with Gasteiger partial charge in [0.15, 0.2) is 5.69 Å². The predicted octanol–water partition coefficient (Wildman–Crippen LogP) is 5.62. The molecule has 4 aromatic heterocycles. The molecule has 0 N–H and O–H groups in total. The smallest absolute Gasteiger partial charge is 0.435 e. The molecule has 9 nitrogen and oxygen atoms in total. The molecule has 1 fully saturated rings. The van der Waals surface area contributed by atoms with Crippen molar-refractivity contribution < 1.29 is 22.6 Å². The van der Waals surface area contributed by atoms with Crippen molar-refractivity contribution >= 4 is 11.0 Å². The monoisotopic (exact) mass is 521 g/mol. The van der Waals surface area contributed by atoms with Crippen molar-refractivity contribution in [1.29, 1.82) is 0 Å². The summed E-state index contributed by atoms with van der Waals surface area (Å²) < 4.78 is 54.0. The van der Waals surface area contributed by atoms with Crippen LogP contribution in [0.1, 0.15) is 35.8 Å². The Bertz CT molecular complexity index is 1650. The summed E-state index contributed by atoms with van der Waals surface area (Å²) in [4.78, 5) is 18.2. The molecule has 6 rings (SSSR count). The number of halogens is 3. The largest absolute Gasteiger partial charge is 0.480 e. The number of hydrogen-bond donors (Lipinski definition) is 0. The van der Waals surface area contributed by atoms with E-state index >= 15 is 0 Å². The van der Waals surface area contributed by atoms with Gasteiger partial charge in [0, 0.05) is 24.7 Å². The SMILES string of the molecule is COc1ncnc(C2CC2)c1-c1nc(Oc2ccc(-n3nc(C(F)(F)F)cc3C)cc2)cc2c1ncn2C. The van der Waals surface area contributed by atoms with E-state index in [2.05, 4.69) is 20.1 Å². The summed E-state index contributed by atoms with van der Waals surface area (Å²) >= 11 is 0. The number of methoxy groups -OCH3 is 1. The zero-order valence-electron chi connectivity index (χ0n) is 20.7. The highest BCUT2D eigenvalue weighted by Gasteiger charge is 2.35. The van der Waals surface area contributed by atoms with E-state index in [1.54, 1.807) is 50.7 Å². The standard InChI is InChI=1S/C26H22F3N7O2/c1-14-10-19(26(27,28)29)34-36(14)16-6-8-17(9-7-16)38-20-11-18-23(32-13-35(18)2)24(33-20)21-22(15-4-5-15)30-12-31-25(21)37-3/h6-13,15H,4-5H2,1-3H3. The number of aryl methyl sites for hydroxylation is 2. The van der Waals surface area contributed by atoms with Crippen molar-refractivity contribution in [3.8, 4) is 34.5 Å². The summed E-state index contributed by atoms with van der Waals surface area (Å²) in [5, 5.41) is 3.70. The fourth-order valence-corrected chi connectivity index (χ4v) is 4.41. The third-order valence-corrected chi connectivity index (χ3v) is 6.41. The molecule has 5 aromatic rings. The van der Waals surface area contributed by atoms with Gasteiger partial charge in [-0.2, -0.15) is 18.3 Å². The zero-order chi connectivity index (χ0) is 26.6. The van der Waals surface area contributed by atoms with E-state index in [9.17, 15) is 13.2 Å². The van der Waals surface area contributed by atoms with Gasteiger partial charge in [0.05, 0.1) is 35.9 Å². The highest BCUT2D eigenvalue weighted by molar-refractivity contribution is 5.92. The summed E-state index contributed by atoms with van der Waals surface area (Å²) in [7, 11) is 3.43. The third-order valence-electron chi connectivity index (χ3n) is 6.41. The number of fused-ring (bicyclic) bond motifs is 1. The lowest BCUT2D eigenvalue weighted by molar-refractivity contribution is -0.141. The molecule has 1 aliphatic carbocycles. The number of imidazole rings is 1. The molecule has 1 saturated carbocycles. The number of aromatic nitrogens is 7. The van der Waals surface area contributed by atoms with Crippen molar-refractivity contribution in [2.45, 2.75) is 31.9 Å². The van der Waals surface area contributed by atoms with Crippen LogP contribution in [0.2, 0.25) is 0 Å². The number of nitrogens with zero attached hydrogens (tertiary/aromatic N) is 7. The molecule has 0 amide bonds. The average Bonchev–Trinajstić information content (AvgIpc) is 3.57. The molecule has 0 bridgehead atoms. The van der Waals surface area contributed by atoms with E-state index < -0.39 is 11.9 Å². The van der Waals surface area contributed by atoms with Gasteiger partial charge >= 0.3 is 6.18 Å². The summed E-state index contributed by atoms with van der Waals surface area (Å²) in [6.45, 7) is 1.57. The lowest BCUT2D eigenvalue weighted by Crippen LogP contribution is -2.07. The predicted molar refractivity (Wildman–Crippen MR) is 131 cm³/mol. The summed E-state index contributed by atoms with van der Waals surface area (Å²) in [6, 6.07) is 9.37. The maximum Gasteiger partial charge on any atom is 0.435 e. The average molecular weight is 522 g/mol. The summed E-state index contributed by atoms with van der Waals surface area (Å²) in [5.74, 6) is 1.48. The van der Waals surface area contributed by atoms with Crippen LogP contribution in [-0.4, -0.2) is 41.4 Å². The summed E-state index contributed by atoms with van der Waals surface area (Å²) in [5.41, 5.74) is 3.47. The molecular formula is C26H22F3N7O2. The van der Waals surface area contributed by atoms with Gasteiger partial charge in [-0.25, -0.2) is 24.6 Å². The highest BCUT2D eigenvalue weighted by Crippen LogP contribution is 2.46. The van der Waals surface area contributed by atoms with Crippen LogP contribution in [0.15, 0.2) is 49.1 Å². The molecule has 0 atom stereocenters. The van der Waals surface area contributed by atoms with Crippen LogP contribution in [0.5, 0.6) is 17.5 Å². The van der Waals surface area contributed by atoms with Crippen molar-refractivity contribution in [3.63, 3.8) is 0 Å². The molecule has 0 unspecified atom stereocenters. The molecular weight excluding hydrogens is 499 g/mol. The molecule has 194 valence electrons. The van der Waals surface area contributed by atoms with Crippen molar-refractivity contribution in [1.82, 2.24) is 34.3 Å². The van der Waals surface area contributed by atoms with Crippen LogP contribution in [0.25, 0.3) is 28.0 Å². The molecule has 0 aliphatic heterocycles. The fourth-order valence-electron chi connectivity index (χ4n) is 4.41. The molecule has 0 spiro atoms. The van der Waals surface area contributed by atoms with Gasteiger partial charge in [-0.3, -0.25) is 0 Å². The molecule has 1 aromatic carbocycles. The van der Waals surface area contributed by atoms with E-state index in [0.717, 1.165) is 30.1 Å². The quantitative estimate of drug-likeness (QED) is 0.287. The maximum atomic E-state index is 13.1. The van der Waals surface area contributed by atoms with E-state index in [1.165, 1.54) is 11.0 Å². The first kappa shape index (κ1) is 23.9. The fraction of sp³-hybridized carbons (Fsp3) is 0.269. The van der Waals surface area contributed by atoms with Crippen LogP contribution in [-0.2, 0) is 13.2 Å². The Morgan fingerprint density at radius 2 is 1.79 bits per heavy atom. The number of ether oxygens (including phenoxy) is 2. The topological polar surface area (TPSA) is 92.8 Å². The Balaban J connectivity index is 1.38. The van der Waals surface area contributed by atoms with E-state index in [-0.39, 0.29) is 0 Å². The highest BCUT2D eigenvalue weighted by atomic mass is 19.4. The van der Waals surface area contributed by atoms with Gasteiger partial charge < -0.3 is 14.0 Å². The Kier molecular flexibility index (Phi) is 5.55. The number of pyridine rings is 1. The van der Waals surface area contributed by atoms with Gasteiger partial charge in [0.25, 0.3) is 0 Å². The van der Waals surface area contributed by atoms with Crippen LogP contribution in [0.4, 0.5) is 13.2 Å². The van der Waals surface area contributed by atoms with Gasteiger partial charge in [0.1, 0.15) is 23.3 Å². The Morgan fingerprint density at radius 3 is 2.45 bits per heavy atom. The lowest BCUT2D eigenvalue weighted by atomic mass is 10.1. The Morgan fingerprint density at radius 1 is 1.03 bits per heavy atom. The Hall–Kier alpha value is -4.48. The number of benzene rings is 1. The molecule has 4 heterocycles. The minimum atomic E-state index is -4.52. The minimum absolute atomic E-state index is 0.309. The van der Waals surface area contributed by atoms with Crippen LogP contribution >= 0.6 is 0 Å². The number of hydrogen-bond acceptors (Lipinski definition) is 7. The molecule has 0 radical (unpaired) electrons. The first-order chi connectivity index (χ1) is 18.2. The Labute approximate surface area is 214 Å². The zero-order valence-corrected chi connectivity index (χ0v) is 20.7. The van der Waals surface area contributed by atoms with Crippen LogP contribution in [0.3, 0.4) is 0 Å². The molecule has 38 heavy (non-hydrogen) atoms. The van der Waals surface area contributed by atoms with E-state index in [1.807, 2.05) is 11.6 Å². The van der Waals surface area contributed by atoms with Gasteiger partial charge in [0.2, 0.25) is 11.8 Å².